The maximum absolute atomic E-state index is 11.6. The van der Waals surface area contributed by atoms with E-state index in [1.54, 1.807) is 0 Å². The molecule has 14 heavy (non-hydrogen) atoms. The number of nitrogens with one attached hydrogen (secondary N) is 2. The first-order valence-electron chi connectivity index (χ1n) is 4.73. The van der Waals surface area contributed by atoms with Gasteiger partial charge in [-0.2, -0.15) is 0 Å². The Labute approximate surface area is 81.0 Å². The Morgan fingerprint density at radius 2 is 1.21 bits per heavy atom. The average Bonchev–Trinajstić information content (AvgIpc) is 2.13. The highest BCUT2D eigenvalue weighted by Gasteiger charge is 2.41. The van der Waals surface area contributed by atoms with Crippen molar-refractivity contribution >= 4 is 11.8 Å². The van der Waals surface area contributed by atoms with Gasteiger partial charge in [-0.15, -0.1) is 0 Å². The molecule has 5 aliphatic heterocycles. The Kier molecular flexibility index (Phi) is 1.37. The molecule has 0 unspecified atom stereocenters. The quantitative estimate of drug-likeness (QED) is 0.498. The normalized spacial score (nSPS) is 43.1. The van der Waals surface area contributed by atoms with Crippen LogP contribution in [0.3, 0.4) is 0 Å². The van der Waals surface area contributed by atoms with Crippen molar-refractivity contribution in [2.75, 3.05) is 0 Å². The van der Waals surface area contributed by atoms with E-state index in [9.17, 15) is 9.59 Å². The average molecular weight is 190 g/mol. The zero-order valence-corrected chi connectivity index (χ0v) is 7.44. The van der Waals surface area contributed by atoms with Gasteiger partial charge in [-0.05, 0) is 0 Å². The summed E-state index contributed by atoms with van der Waals surface area (Å²) in [6.45, 7) is 0. The molecule has 6 aliphatic rings. The van der Waals surface area contributed by atoms with Crippen LogP contribution >= 0.6 is 0 Å². The van der Waals surface area contributed by atoms with Crippen molar-refractivity contribution < 1.29 is 9.59 Å². The van der Waals surface area contributed by atoms with Crippen molar-refractivity contribution in [2.24, 2.45) is 11.8 Å². The van der Waals surface area contributed by atoms with E-state index in [0.29, 0.717) is 0 Å². The van der Waals surface area contributed by atoms with Gasteiger partial charge in [-0.25, -0.2) is 0 Å². The molecule has 5 heterocycles. The Bertz CT molecular complexity index is 336. The third-order valence-corrected chi connectivity index (χ3v) is 3.05. The van der Waals surface area contributed by atoms with Gasteiger partial charge in [0.2, 0.25) is 11.8 Å². The molecule has 4 nitrogen and oxygen atoms in total. The van der Waals surface area contributed by atoms with Crippen molar-refractivity contribution in [1.82, 2.24) is 10.6 Å². The number of hydrogen-bond acceptors (Lipinski definition) is 2. The molecule has 1 fully saturated rings. The molecule has 72 valence electrons. The van der Waals surface area contributed by atoms with Gasteiger partial charge in [0.25, 0.3) is 0 Å². The van der Waals surface area contributed by atoms with Crippen molar-refractivity contribution in [3.63, 3.8) is 0 Å². The third kappa shape index (κ3) is 0.880. The Morgan fingerprint density at radius 3 is 1.57 bits per heavy atom. The molecule has 1 saturated heterocycles. The Morgan fingerprint density at radius 1 is 0.786 bits per heavy atom. The van der Waals surface area contributed by atoms with Gasteiger partial charge in [0.15, 0.2) is 0 Å². The SMILES string of the molecule is O=C1N[C@@H]2C=C[C@H]1[C@@H]1C=C[C@@H]2C(=O)N1. The maximum Gasteiger partial charge on any atom is 0.229 e. The highest BCUT2D eigenvalue weighted by Crippen LogP contribution is 2.26. The summed E-state index contributed by atoms with van der Waals surface area (Å²) in [5, 5.41) is 5.68. The van der Waals surface area contributed by atoms with Crippen LogP contribution in [-0.2, 0) is 9.59 Å². The van der Waals surface area contributed by atoms with E-state index < -0.39 is 0 Å². The smallest absolute Gasteiger partial charge is 0.229 e. The Hall–Kier alpha value is -1.58. The van der Waals surface area contributed by atoms with Gasteiger partial charge < -0.3 is 10.6 Å². The lowest BCUT2D eigenvalue weighted by Gasteiger charge is -2.38. The molecule has 6 rings (SSSR count). The van der Waals surface area contributed by atoms with Crippen LogP contribution in [0, 0.1) is 11.8 Å². The van der Waals surface area contributed by atoms with E-state index in [4.69, 9.17) is 0 Å². The van der Waals surface area contributed by atoms with Gasteiger partial charge in [0.05, 0.1) is 23.9 Å². The minimum atomic E-state index is -0.243. The first-order valence-corrected chi connectivity index (χ1v) is 4.73. The highest BCUT2D eigenvalue weighted by molar-refractivity contribution is 5.91. The molecular formula is C10H10N2O2. The lowest BCUT2D eigenvalue weighted by Crippen LogP contribution is -2.60. The third-order valence-electron chi connectivity index (χ3n) is 3.05. The van der Waals surface area contributed by atoms with Crippen LogP contribution in [0.5, 0.6) is 0 Å². The van der Waals surface area contributed by atoms with Crippen LogP contribution in [0.15, 0.2) is 24.3 Å². The molecule has 0 spiro atoms. The minimum Gasteiger partial charge on any atom is -0.348 e. The second-order valence-electron chi connectivity index (χ2n) is 3.89. The molecule has 2 N–H and O–H groups in total. The largest absolute Gasteiger partial charge is 0.348 e. The summed E-state index contributed by atoms with van der Waals surface area (Å²) in [5.74, 6) is -0.464. The molecule has 0 aromatic rings. The van der Waals surface area contributed by atoms with Crippen LogP contribution in [0.25, 0.3) is 0 Å². The van der Waals surface area contributed by atoms with E-state index in [1.807, 2.05) is 24.3 Å². The summed E-state index contributed by atoms with van der Waals surface area (Å²) in [6.07, 6.45) is 7.63. The van der Waals surface area contributed by atoms with Crippen molar-refractivity contribution in [2.45, 2.75) is 12.1 Å². The van der Waals surface area contributed by atoms with Crippen LogP contribution in [0.4, 0.5) is 0 Å². The zero-order valence-electron chi connectivity index (χ0n) is 7.44. The van der Waals surface area contributed by atoms with Gasteiger partial charge in [0, 0.05) is 0 Å². The fourth-order valence-corrected chi connectivity index (χ4v) is 2.26. The summed E-state index contributed by atoms with van der Waals surface area (Å²) >= 11 is 0. The van der Waals surface area contributed by atoms with Crippen LogP contribution in [-0.4, -0.2) is 23.9 Å². The molecular weight excluding hydrogens is 180 g/mol. The monoisotopic (exact) mass is 190 g/mol. The molecule has 0 aromatic heterocycles. The second-order valence-corrected chi connectivity index (χ2v) is 3.89. The molecule has 1 aliphatic carbocycles. The van der Waals surface area contributed by atoms with E-state index in [0.717, 1.165) is 0 Å². The van der Waals surface area contributed by atoms with Crippen LogP contribution < -0.4 is 10.6 Å². The molecule has 0 aromatic carbocycles. The fraction of sp³-hybridized carbons (Fsp3) is 0.400. The topological polar surface area (TPSA) is 58.2 Å². The minimum absolute atomic E-state index is 0.0110. The number of amides is 2. The first kappa shape index (κ1) is 7.79. The van der Waals surface area contributed by atoms with Gasteiger partial charge in [-0.3, -0.25) is 9.59 Å². The Balaban J connectivity index is 2.12. The summed E-state index contributed by atoms with van der Waals surface area (Å²) in [5.41, 5.74) is 0. The van der Waals surface area contributed by atoms with Gasteiger partial charge >= 0.3 is 0 Å². The number of carbonyl (C=O) groups excluding carboxylic acids is 2. The fourth-order valence-electron chi connectivity index (χ4n) is 2.26. The predicted octanol–water partition coefficient (Wildman–Crippen LogP) is -0.658. The number of hydrogen-bond donors (Lipinski definition) is 2. The summed E-state index contributed by atoms with van der Waals surface area (Å²) in [7, 11) is 0. The van der Waals surface area contributed by atoms with E-state index in [1.165, 1.54) is 0 Å². The van der Waals surface area contributed by atoms with Crippen LogP contribution in [0.1, 0.15) is 0 Å². The van der Waals surface area contributed by atoms with Crippen molar-refractivity contribution in [3.05, 3.63) is 24.3 Å². The number of rotatable bonds is 0. The van der Waals surface area contributed by atoms with Crippen molar-refractivity contribution in [3.8, 4) is 0 Å². The molecule has 4 bridgehead atoms. The summed E-state index contributed by atoms with van der Waals surface area (Å²) < 4.78 is 0. The van der Waals surface area contributed by atoms with E-state index in [2.05, 4.69) is 10.6 Å². The summed E-state index contributed by atoms with van der Waals surface area (Å²) in [4.78, 5) is 23.2. The standard InChI is InChI=1S/C10H10N2O2/c13-9-5-1-3-7(11-9)6-2-4-8(5)12-10(6)14/h1-8H,(H,11,13)(H,12,14)/t5-,6-,7-,8+/m0/s1. The lowest BCUT2D eigenvalue weighted by atomic mass is 9.81. The van der Waals surface area contributed by atoms with E-state index >= 15 is 0 Å². The molecule has 0 saturated carbocycles. The zero-order chi connectivity index (χ0) is 9.71. The maximum atomic E-state index is 11.6. The molecule has 4 heteroatoms. The summed E-state index contributed by atoms with van der Waals surface area (Å²) in [6, 6.07) is -0.340. The van der Waals surface area contributed by atoms with Crippen LogP contribution in [0.2, 0.25) is 0 Å². The lowest BCUT2D eigenvalue weighted by molar-refractivity contribution is -0.131. The predicted molar refractivity (Wildman–Crippen MR) is 49.1 cm³/mol. The molecule has 4 atom stereocenters. The van der Waals surface area contributed by atoms with Gasteiger partial charge in [-0.1, -0.05) is 24.3 Å². The number of carbonyl (C=O) groups is 2. The second kappa shape index (κ2) is 2.47. The molecule has 2 amide bonds. The van der Waals surface area contributed by atoms with E-state index in [-0.39, 0.29) is 35.7 Å². The van der Waals surface area contributed by atoms with Gasteiger partial charge in [0.1, 0.15) is 0 Å². The highest BCUT2D eigenvalue weighted by atomic mass is 16.2. The first-order chi connectivity index (χ1) is 6.75. The van der Waals surface area contributed by atoms with Crippen molar-refractivity contribution in [1.29, 1.82) is 0 Å². The molecule has 0 radical (unpaired) electrons.